The quantitative estimate of drug-likeness (QED) is 0.494. The van der Waals surface area contributed by atoms with Gasteiger partial charge in [0.05, 0.1) is 16.6 Å². The van der Waals surface area contributed by atoms with Crippen molar-refractivity contribution in [2.24, 2.45) is 9.98 Å². The lowest BCUT2D eigenvalue weighted by Crippen LogP contribution is -2.42. The number of halogens is 2. The first-order chi connectivity index (χ1) is 17.4. The van der Waals surface area contributed by atoms with Crippen molar-refractivity contribution in [2.75, 3.05) is 5.32 Å². The summed E-state index contributed by atoms with van der Waals surface area (Å²) in [6.45, 7) is 1.80. The van der Waals surface area contributed by atoms with E-state index in [2.05, 4.69) is 10.3 Å². The standard InChI is InChI=1S/C27H22F2N4O2S/c1-2-23(25(34)31-21-15-17(28)12-13-19(21)29)36-27-32-20-11-7-6-10-18(20)24-30-22(26(35)33(24)27)14-16-8-4-3-5-9-16/h3-13,15,22-23H,2,14H2,1H3,(H,31,34). The molecule has 0 radical (unpaired) electrons. The SMILES string of the molecule is CCC(SC1=Nc2ccccc2C2=NC(Cc3ccccc3)C(=O)N12)C(=O)Nc1cc(F)ccc1F. The van der Waals surface area contributed by atoms with Crippen LogP contribution in [0.2, 0.25) is 0 Å². The van der Waals surface area contributed by atoms with Gasteiger partial charge in [-0.1, -0.05) is 61.2 Å². The minimum Gasteiger partial charge on any atom is -0.323 e. The number of nitrogens with zero attached hydrogens (tertiary/aromatic N) is 3. The van der Waals surface area contributed by atoms with Gasteiger partial charge < -0.3 is 5.32 Å². The largest absolute Gasteiger partial charge is 0.323 e. The zero-order valence-electron chi connectivity index (χ0n) is 19.3. The van der Waals surface area contributed by atoms with Gasteiger partial charge in [0.25, 0.3) is 5.91 Å². The second kappa shape index (κ2) is 10.0. The lowest BCUT2D eigenvalue weighted by atomic mass is 10.1. The summed E-state index contributed by atoms with van der Waals surface area (Å²) in [5.74, 6) is -1.63. The third-order valence-corrected chi connectivity index (χ3v) is 7.23. The minimum atomic E-state index is -0.735. The van der Waals surface area contributed by atoms with Crippen LogP contribution in [0.4, 0.5) is 20.2 Å². The van der Waals surface area contributed by atoms with Crippen LogP contribution in [-0.4, -0.2) is 39.0 Å². The maximum absolute atomic E-state index is 14.1. The fraction of sp³-hybridized carbons (Fsp3) is 0.185. The highest BCUT2D eigenvalue weighted by Crippen LogP contribution is 2.36. The van der Waals surface area contributed by atoms with Gasteiger partial charge in [0.1, 0.15) is 23.5 Å². The number of carbonyl (C=O) groups is 2. The molecule has 2 aliphatic rings. The predicted octanol–water partition coefficient (Wildman–Crippen LogP) is 5.32. The van der Waals surface area contributed by atoms with E-state index in [1.807, 2.05) is 54.6 Å². The molecule has 0 bridgehead atoms. The Hall–Kier alpha value is -3.85. The molecule has 0 spiro atoms. The molecule has 0 aliphatic carbocycles. The highest BCUT2D eigenvalue weighted by atomic mass is 32.2. The molecular weight excluding hydrogens is 482 g/mol. The highest BCUT2D eigenvalue weighted by molar-refractivity contribution is 8.15. The second-order valence-corrected chi connectivity index (χ2v) is 9.54. The average Bonchev–Trinajstić information content (AvgIpc) is 3.21. The zero-order chi connectivity index (χ0) is 25.2. The van der Waals surface area contributed by atoms with E-state index in [9.17, 15) is 18.4 Å². The summed E-state index contributed by atoms with van der Waals surface area (Å²) < 4.78 is 27.7. The number of thioether (sulfide) groups is 1. The van der Waals surface area contributed by atoms with E-state index in [4.69, 9.17) is 4.99 Å². The van der Waals surface area contributed by atoms with Crippen molar-refractivity contribution in [1.29, 1.82) is 0 Å². The molecule has 2 unspecified atom stereocenters. The van der Waals surface area contributed by atoms with Crippen LogP contribution in [0.5, 0.6) is 0 Å². The number of amidine groups is 2. The van der Waals surface area contributed by atoms with Crippen molar-refractivity contribution in [3.05, 3.63) is 95.6 Å². The minimum absolute atomic E-state index is 0.221. The Morgan fingerprint density at radius 2 is 1.83 bits per heavy atom. The number of amides is 2. The number of nitrogens with one attached hydrogen (secondary N) is 1. The Kier molecular flexibility index (Phi) is 6.65. The monoisotopic (exact) mass is 504 g/mol. The van der Waals surface area contributed by atoms with Gasteiger partial charge in [-0.2, -0.15) is 0 Å². The first-order valence-electron chi connectivity index (χ1n) is 11.5. The van der Waals surface area contributed by atoms with Gasteiger partial charge in [-0.15, -0.1) is 0 Å². The summed E-state index contributed by atoms with van der Waals surface area (Å²) in [7, 11) is 0. The molecule has 3 aromatic rings. The molecule has 182 valence electrons. The zero-order valence-corrected chi connectivity index (χ0v) is 20.1. The third kappa shape index (κ3) is 4.66. The van der Waals surface area contributed by atoms with Crippen LogP contribution in [0, 0.1) is 11.6 Å². The number of hydrogen-bond donors (Lipinski definition) is 1. The summed E-state index contributed by atoms with van der Waals surface area (Å²) in [5, 5.41) is 2.08. The fourth-order valence-corrected chi connectivity index (χ4v) is 5.13. The van der Waals surface area contributed by atoms with E-state index in [1.54, 1.807) is 6.92 Å². The normalized spacial score (nSPS) is 17.1. The molecule has 1 N–H and O–H groups in total. The van der Waals surface area contributed by atoms with Gasteiger partial charge in [-0.05, 0) is 36.2 Å². The van der Waals surface area contributed by atoms with Gasteiger partial charge >= 0.3 is 0 Å². The molecule has 2 heterocycles. The molecule has 2 aliphatic heterocycles. The molecule has 5 rings (SSSR count). The first-order valence-corrected chi connectivity index (χ1v) is 12.4. The lowest BCUT2D eigenvalue weighted by Gasteiger charge is -2.27. The van der Waals surface area contributed by atoms with Crippen molar-refractivity contribution in [2.45, 2.75) is 31.1 Å². The number of fused-ring (bicyclic) bond motifs is 3. The molecule has 0 saturated heterocycles. The van der Waals surface area contributed by atoms with Crippen LogP contribution in [-0.2, 0) is 16.0 Å². The van der Waals surface area contributed by atoms with E-state index in [0.29, 0.717) is 29.5 Å². The van der Waals surface area contributed by atoms with Crippen LogP contribution < -0.4 is 5.32 Å². The summed E-state index contributed by atoms with van der Waals surface area (Å²) >= 11 is 1.10. The molecule has 36 heavy (non-hydrogen) atoms. The lowest BCUT2D eigenvalue weighted by molar-refractivity contribution is -0.124. The van der Waals surface area contributed by atoms with E-state index in [-0.39, 0.29) is 11.6 Å². The Balaban J connectivity index is 1.43. The van der Waals surface area contributed by atoms with E-state index in [0.717, 1.165) is 41.1 Å². The van der Waals surface area contributed by atoms with Crippen molar-refractivity contribution in [3.8, 4) is 0 Å². The molecular formula is C27H22F2N4O2S. The summed E-state index contributed by atoms with van der Waals surface area (Å²) in [5.41, 5.74) is 2.14. The van der Waals surface area contributed by atoms with Gasteiger partial charge in [0.15, 0.2) is 5.17 Å². The van der Waals surface area contributed by atoms with Gasteiger partial charge in [0, 0.05) is 18.1 Å². The first kappa shape index (κ1) is 23.9. The van der Waals surface area contributed by atoms with Crippen molar-refractivity contribution < 1.29 is 18.4 Å². The molecule has 6 nitrogen and oxygen atoms in total. The number of anilines is 1. The summed E-state index contributed by atoms with van der Waals surface area (Å²) in [6, 6.07) is 19.3. The number of aliphatic imine (C=N–C) groups is 2. The molecule has 2 amide bonds. The maximum atomic E-state index is 14.1. The fourth-order valence-electron chi connectivity index (χ4n) is 4.11. The third-order valence-electron chi connectivity index (χ3n) is 5.92. The molecule has 3 aromatic carbocycles. The topological polar surface area (TPSA) is 74.1 Å². The van der Waals surface area contributed by atoms with Gasteiger partial charge in [-0.25, -0.2) is 18.7 Å². The molecule has 2 atom stereocenters. The van der Waals surface area contributed by atoms with E-state index in [1.165, 1.54) is 4.90 Å². The van der Waals surface area contributed by atoms with Crippen molar-refractivity contribution >= 4 is 46.0 Å². The molecule has 0 fully saturated rings. The molecule has 0 aromatic heterocycles. The molecule has 9 heteroatoms. The maximum Gasteiger partial charge on any atom is 0.259 e. The smallest absolute Gasteiger partial charge is 0.259 e. The van der Waals surface area contributed by atoms with E-state index >= 15 is 0 Å². The number of para-hydroxylation sites is 1. The highest BCUT2D eigenvalue weighted by Gasteiger charge is 2.42. The van der Waals surface area contributed by atoms with Crippen LogP contribution in [0.25, 0.3) is 0 Å². The van der Waals surface area contributed by atoms with Crippen LogP contribution in [0.1, 0.15) is 24.5 Å². The summed E-state index contributed by atoms with van der Waals surface area (Å²) in [6.07, 6.45) is 0.812. The number of hydrogen-bond acceptors (Lipinski definition) is 5. The van der Waals surface area contributed by atoms with Crippen LogP contribution in [0.3, 0.4) is 0 Å². The van der Waals surface area contributed by atoms with Crippen molar-refractivity contribution in [3.63, 3.8) is 0 Å². The van der Waals surface area contributed by atoms with Crippen LogP contribution >= 0.6 is 11.8 Å². The number of benzene rings is 3. The number of rotatable bonds is 6. The van der Waals surface area contributed by atoms with Gasteiger partial charge in [-0.3, -0.25) is 14.6 Å². The van der Waals surface area contributed by atoms with Gasteiger partial charge in [0.2, 0.25) is 5.91 Å². The Bertz CT molecular complexity index is 1390. The Morgan fingerprint density at radius 1 is 1.08 bits per heavy atom. The number of carbonyl (C=O) groups excluding carboxylic acids is 2. The Labute approximate surface area is 211 Å². The second-order valence-electron chi connectivity index (χ2n) is 8.37. The summed E-state index contributed by atoms with van der Waals surface area (Å²) in [4.78, 5) is 37.4. The molecule has 0 saturated carbocycles. The predicted molar refractivity (Wildman–Crippen MR) is 138 cm³/mol. The Morgan fingerprint density at radius 3 is 2.61 bits per heavy atom. The van der Waals surface area contributed by atoms with Crippen LogP contribution in [0.15, 0.2) is 82.8 Å². The van der Waals surface area contributed by atoms with Crippen molar-refractivity contribution in [1.82, 2.24) is 4.90 Å². The van der Waals surface area contributed by atoms with E-state index < -0.39 is 28.8 Å². The average molecular weight is 505 g/mol.